The van der Waals surface area contributed by atoms with Gasteiger partial charge in [0.25, 0.3) is 0 Å². The number of hydrogen-bond acceptors (Lipinski definition) is 4. The molecule has 5 heteroatoms. The number of piperidine rings is 1. The maximum Gasteiger partial charge on any atom is 0.189 e. The second kappa shape index (κ2) is 7.24. The van der Waals surface area contributed by atoms with E-state index in [2.05, 4.69) is 22.0 Å². The van der Waals surface area contributed by atoms with Crippen molar-refractivity contribution in [1.82, 2.24) is 9.88 Å². The molecule has 2 heterocycles. The zero-order chi connectivity index (χ0) is 14.4. The number of rotatable bonds is 5. The van der Waals surface area contributed by atoms with Crippen LogP contribution in [-0.2, 0) is 6.54 Å². The van der Waals surface area contributed by atoms with Crippen molar-refractivity contribution >= 4 is 5.84 Å². The monoisotopic (exact) mass is 276 g/mol. The first-order valence-electron chi connectivity index (χ1n) is 7.42. The Hall–Kier alpha value is -1.62. The lowest BCUT2D eigenvalue weighted by Gasteiger charge is -2.36. The van der Waals surface area contributed by atoms with E-state index in [0.717, 1.165) is 18.7 Å². The van der Waals surface area contributed by atoms with Crippen molar-refractivity contribution in [1.29, 1.82) is 0 Å². The van der Waals surface area contributed by atoms with E-state index in [9.17, 15) is 0 Å². The SMILES string of the molecule is CCCC1CCCCN1Cc1cccnc1/C(N)=N/O. The predicted octanol–water partition coefficient (Wildman–Crippen LogP) is 2.33. The van der Waals surface area contributed by atoms with Crippen LogP contribution in [0.1, 0.15) is 50.3 Å². The maximum absolute atomic E-state index is 8.86. The lowest BCUT2D eigenvalue weighted by atomic mass is 9.97. The second-order valence-electron chi connectivity index (χ2n) is 5.41. The summed E-state index contributed by atoms with van der Waals surface area (Å²) < 4.78 is 0. The van der Waals surface area contributed by atoms with Crippen molar-refractivity contribution in [2.45, 2.75) is 51.6 Å². The van der Waals surface area contributed by atoms with Gasteiger partial charge in [0.05, 0.1) is 0 Å². The van der Waals surface area contributed by atoms with Crippen molar-refractivity contribution in [3.05, 3.63) is 29.6 Å². The van der Waals surface area contributed by atoms with Gasteiger partial charge in [-0.15, -0.1) is 0 Å². The lowest BCUT2D eigenvalue weighted by Crippen LogP contribution is -2.39. The van der Waals surface area contributed by atoms with E-state index in [1.165, 1.54) is 32.1 Å². The number of pyridine rings is 1. The summed E-state index contributed by atoms with van der Waals surface area (Å²) in [5, 5.41) is 11.9. The zero-order valence-electron chi connectivity index (χ0n) is 12.1. The van der Waals surface area contributed by atoms with Crippen LogP contribution >= 0.6 is 0 Å². The van der Waals surface area contributed by atoms with Crippen LogP contribution in [0, 0.1) is 0 Å². The fourth-order valence-electron chi connectivity index (χ4n) is 2.99. The summed E-state index contributed by atoms with van der Waals surface area (Å²) in [5.74, 6) is 0.0876. The molecule has 110 valence electrons. The Morgan fingerprint density at radius 1 is 1.55 bits per heavy atom. The van der Waals surface area contributed by atoms with Crippen LogP contribution in [0.2, 0.25) is 0 Å². The third kappa shape index (κ3) is 3.48. The molecule has 2 rings (SSSR count). The average Bonchev–Trinajstić information content (AvgIpc) is 2.49. The Labute approximate surface area is 120 Å². The van der Waals surface area contributed by atoms with Crippen molar-refractivity contribution in [3.8, 4) is 0 Å². The molecule has 1 saturated heterocycles. The highest BCUT2D eigenvalue weighted by Gasteiger charge is 2.23. The molecular formula is C15H24N4O. The third-order valence-corrected chi connectivity index (χ3v) is 3.99. The fraction of sp³-hybridized carbons (Fsp3) is 0.600. The zero-order valence-corrected chi connectivity index (χ0v) is 12.1. The topological polar surface area (TPSA) is 74.7 Å². The maximum atomic E-state index is 8.86. The molecule has 1 aliphatic rings. The molecule has 0 radical (unpaired) electrons. The summed E-state index contributed by atoms with van der Waals surface area (Å²) in [7, 11) is 0. The number of hydrogen-bond donors (Lipinski definition) is 2. The average molecular weight is 276 g/mol. The minimum absolute atomic E-state index is 0.0876. The number of nitrogens with two attached hydrogens (primary N) is 1. The van der Waals surface area contributed by atoms with Gasteiger partial charge in [0, 0.05) is 18.8 Å². The first kappa shape index (κ1) is 14.8. The molecule has 1 aromatic heterocycles. The van der Waals surface area contributed by atoms with Crippen LogP contribution in [0.3, 0.4) is 0 Å². The largest absolute Gasteiger partial charge is 0.409 e. The van der Waals surface area contributed by atoms with Crippen LogP contribution in [0.4, 0.5) is 0 Å². The molecule has 0 spiro atoms. The van der Waals surface area contributed by atoms with Crippen LogP contribution in [0.25, 0.3) is 0 Å². The van der Waals surface area contributed by atoms with Gasteiger partial charge in [0.2, 0.25) is 0 Å². The molecule has 0 amide bonds. The third-order valence-electron chi connectivity index (χ3n) is 3.99. The Balaban J connectivity index is 2.16. The molecule has 3 N–H and O–H groups in total. The Morgan fingerprint density at radius 2 is 2.40 bits per heavy atom. The number of oxime groups is 1. The first-order valence-corrected chi connectivity index (χ1v) is 7.42. The van der Waals surface area contributed by atoms with Crippen LogP contribution in [-0.4, -0.2) is 33.5 Å². The van der Waals surface area contributed by atoms with E-state index in [1.807, 2.05) is 12.1 Å². The van der Waals surface area contributed by atoms with Crippen molar-refractivity contribution in [3.63, 3.8) is 0 Å². The molecule has 1 aromatic rings. The summed E-state index contributed by atoms with van der Waals surface area (Å²) in [6, 6.07) is 4.56. The van der Waals surface area contributed by atoms with Crippen LogP contribution in [0.15, 0.2) is 23.5 Å². The molecule has 0 bridgehead atoms. The highest BCUT2D eigenvalue weighted by Crippen LogP contribution is 2.23. The molecule has 1 atom stereocenters. The normalized spacial score (nSPS) is 21.1. The van der Waals surface area contributed by atoms with Crippen LogP contribution < -0.4 is 5.73 Å². The lowest BCUT2D eigenvalue weighted by molar-refractivity contribution is 0.131. The van der Waals surface area contributed by atoms with E-state index in [4.69, 9.17) is 10.9 Å². The molecule has 1 unspecified atom stereocenters. The summed E-state index contributed by atoms with van der Waals surface area (Å²) in [5.41, 5.74) is 7.34. The second-order valence-corrected chi connectivity index (χ2v) is 5.41. The van der Waals surface area contributed by atoms with Gasteiger partial charge in [-0.25, -0.2) is 0 Å². The standard InChI is InChI=1S/C15H24N4O/c1-2-6-13-8-3-4-10-19(13)11-12-7-5-9-17-14(12)15(16)18-20/h5,7,9,13,20H,2-4,6,8,10-11H2,1H3,(H2,16,18). The summed E-state index contributed by atoms with van der Waals surface area (Å²) >= 11 is 0. The number of aromatic nitrogens is 1. The minimum Gasteiger partial charge on any atom is -0.409 e. The fourth-order valence-corrected chi connectivity index (χ4v) is 2.99. The van der Waals surface area contributed by atoms with E-state index in [-0.39, 0.29) is 5.84 Å². The molecule has 1 fully saturated rings. The van der Waals surface area contributed by atoms with Gasteiger partial charge in [-0.05, 0) is 37.4 Å². The van der Waals surface area contributed by atoms with Gasteiger partial charge in [0.1, 0.15) is 5.69 Å². The van der Waals surface area contributed by atoms with Crippen molar-refractivity contribution < 1.29 is 5.21 Å². The van der Waals surface area contributed by atoms with Crippen molar-refractivity contribution in [2.75, 3.05) is 6.54 Å². The highest BCUT2D eigenvalue weighted by molar-refractivity contribution is 5.96. The van der Waals surface area contributed by atoms with Gasteiger partial charge in [-0.3, -0.25) is 9.88 Å². The summed E-state index contributed by atoms with van der Waals surface area (Å²) in [6.45, 7) is 4.18. The van der Waals surface area contributed by atoms with Crippen molar-refractivity contribution in [2.24, 2.45) is 10.9 Å². The van der Waals surface area contributed by atoms with Gasteiger partial charge < -0.3 is 10.9 Å². The summed E-state index contributed by atoms with van der Waals surface area (Å²) in [6.07, 6.45) is 7.96. The molecule has 1 aliphatic heterocycles. The van der Waals surface area contributed by atoms with E-state index < -0.39 is 0 Å². The van der Waals surface area contributed by atoms with E-state index >= 15 is 0 Å². The molecule has 0 saturated carbocycles. The highest BCUT2D eigenvalue weighted by atomic mass is 16.4. The first-order chi connectivity index (χ1) is 9.76. The van der Waals surface area contributed by atoms with Crippen LogP contribution in [0.5, 0.6) is 0 Å². The van der Waals surface area contributed by atoms with Gasteiger partial charge in [-0.1, -0.05) is 31.0 Å². The van der Waals surface area contributed by atoms with E-state index in [0.29, 0.717) is 11.7 Å². The molecule has 0 aliphatic carbocycles. The van der Waals surface area contributed by atoms with Gasteiger partial charge in [-0.2, -0.15) is 0 Å². The summed E-state index contributed by atoms with van der Waals surface area (Å²) in [4.78, 5) is 6.76. The Morgan fingerprint density at radius 3 is 3.15 bits per heavy atom. The Kier molecular flexibility index (Phi) is 5.35. The molecular weight excluding hydrogens is 252 g/mol. The quantitative estimate of drug-likeness (QED) is 0.374. The number of amidine groups is 1. The van der Waals surface area contributed by atoms with Gasteiger partial charge in [0.15, 0.2) is 5.84 Å². The minimum atomic E-state index is 0.0876. The smallest absolute Gasteiger partial charge is 0.189 e. The Bertz CT molecular complexity index is 459. The number of nitrogens with zero attached hydrogens (tertiary/aromatic N) is 3. The molecule has 20 heavy (non-hydrogen) atoms. The molecule has 5 nitrogen and oxygen atoms in total. The van der Waals surface area contributed by atoms with E-state index in [1.54, 1.807) is 6.20 Å². The number of likely N-dealkylation sites (tertiary alicyclic amines) is 1. The van der Waals surface area contributed by atoms with Gasteiger partial charge >= 0.3 is 0 Å². The predicted molar refractivity (Wildman–Crippen MR) is 79.7 cm³/mol. The molecule has 0 aromatic carbocycles.